The third kappa shape index (κ3) is 5.43. The molecule has 7 heteroatoms. The van der Waals surface area contributed by atoms with Crippen LogP contribution in [0.5, 0.6) is 0 Å². The molecule has 0 amide bonds. The van der Waals surface area contributed by atoms with Gasteiger partial charge in [-0.1, -0.05) is 18.2 Å². The number of aliphatic hydroxyl groups excluding tert-OH is 1. The molecule has 4 aromatic rings. The Kier molecular flexibility index (Phi) is 8.25. The van der Waals surface area contributed by atoms with E-state index in [0.29, 0.717) is 6.42 Å². The smallest absolute Gasteiger partial charge is 0.139 e. The maximum atomic E-state index is 14.0. The van der Waals surface area contributed by atoms with E-state index in [-0.39, 0.29) is 18.2 Å². The van der Waals surface area contributed by atoms with Crippen LogP contribution in [0.25, 0.3) is 10.9 Å². The fourth-order valence-corrected chi connectivity index (χ4v) is 4.76. The van der Waals surface area contributed by atoms with Crippen LogP contribution in [0.3, 0.4) is 0 Å². The number of benzene rings is 3. The molecule has 1 heterocycles. The zero-order chi connectivity index (χ0) is 24.0. The number of aliphatic hydroxyl groups is 1. The second kappa shape index (κ2) is 11.1. The minimum absolute atomic E-state index is 0.234. The standard InChI is InChI=1S/C25H22F2N2OS.CH4O/c1-17-22(23-16-20(27)9-12-24(23)29(17)13-14-30)15-18-5-3-4-6-25(18)31-28(2)21-10-7-19(26)8-11-21;1-2/h3-12,14,16H,13,15H2,1-2H3;2H,1H3. The van der Waals surface area contributed by atoms with E-state index < -0.39 is 0 Å². The number of fused-ring (bicyclic) bond motifs is 1. The summed E-state index contributed by atoms with van der Waals surface area (Å²) in [6.07, 6.45) is 1.47. The van der Waals surface area contributed by atoms with E-state index in [9.17, 15) is 13.6 Å². The van der Waals surface area contributed by atoms with Gasteiger partial charge in [0.05, 0.1) is 6.54 Å². The third-order valence-corrected chi connectivity index (χ3v) is 6.52. The topological polar surface area (TPSA) is 45.5 Å². The maximum absolute atomic E-state index is 14.0. The molecule has 4 rings (SSSR count). The van der Waals surface area contributed by atoms with Crippen LogP contribution >= 0.6 is 11.9 Å². The first-order valence-electron chi connectivity index (χ1n) is 10.4. The van der Waals surface area contributed by atoms with Gasteiger partial charge >= 0.3 is 0 Å². The van der Waals surface area contributed by atoms with Gasteiger partial charge in [-0.3, -0.25) is 0 Å². The van der Waals surface area contributed by atoms with Crippen LogP contribution in [0.4, 0.5) is 14.5 Å². The molecule has 0 unspecified atom stereocenters. The zero-order valence-corrected chi connectivity index (χ0v) is 19.6. The van der Waals surface area contributed by atoms with Crippen LogP contribution in [-0.4, -0.2) is 30.1 Å². The van der Waals surface area contributed by atoms with E-state index in [4.69, 9.17) is 5.11 Å². The van der Waals surface area contributed by atoms with Crippen molar-refractivity contribution in [3.05, 3.63) is 95.2 Å². The molecule has 172 valence electrons. The van der Waals surface area contributed by atoms with Crippen molar-refractivity contribution in [2.24, 2.45) is 0 Å². The molecule has 1 N–H and O–H groups in total. The van der Waals surface area contributed by atoms with Crippen LogP contribution < -0.4 is 4.31 Å². The molecular weight excluding hydrogens is 442 g/mol. The Hall–Kier alpha value is -3.16. The molecule has 0 aliphatic heterocycles. The second-order valence-electron chi connectivity index (χ2n) is 7.35. The van der Waals surface area contributed by atoms with Crippen LogP contribution in [-0.2, 0) is 17.8 Å². The highest BCUT2D eigenvalue weighted by Crippen LogP contribution is 2.34. The lowest BCUT2D eigenvalue weighted by Crippen LogP contribution is -2.07. The van der Waals surface area contributed by atoms with Crippen molar-refractivity contribution in [2.75, 3.05) is 18.5 Å². The summed E-state index contributed by atoms with van der Waals surface area (Å²) in [5, 5.41) is 7.83. The van der Waals surface area contributed by atoms with Gasteiger partial charge in [-0.05, 0) is 78.5 Å². The molecule has 3 aromatic carbocycles. The zero-order valence-electron chi connectivity index (χ0n) is 18.8. The van der Waals surface area contributed by atoms with Crippen molar-refractivity contribution in [1.82, 2.24) is 4.57 Å². The van der Waals surface area contributed by atoms with Gasteiger partial charge in [-0.2, -0.15) is 0 Å². The van der Waals surface area contributed by atoms with E-state index in [1.807, 2.05) is 41.0 Å². The SMILES string of the molecule is CO.Cc1c(Cc2ccccc2SN(C)c2ccc(F)cc2)c2cc(F)ccc2n1CC=O. The molecule has 0 fully saturated rings. The van der Waals surface area contributed by atoms with E-state index in [2.05, 4.69) is 6.07 Å². The first kappa shape index (κ1) is 24.5. The number of halogens is 2. The molecule has 4 nitrogen and oxygen atoms in total. The van der Waals surface area contributed by atoms with Gasteiger partial charge in [0.25, 0.3) is 0 Å². The number of hydrogen-bond donors (Lipinski definition) is 1. The first-order valence-corrected chi connectivity index (χ1v) is 11.2. The lowest BCUT2D eigenvalue weighted by Gasteiger charge is -2.20. The van der Waals surface area contributed by atoms with Crippen molar-refractivity contribution in [2.45, 2.75) is 24.8 Å². The fourth-order valence-electron chi connectivity index (χ4n) is 3.84. The second-order valence-corrected chi connectivity index (χ2v) is 8.52. The monoisotopic (exact) mass is 468 g/mol. The molecule has 0 aliphatic rings. The Balaban J connectivity index is 0.00000149. The van der Waals surface area contributed by atoms with Crippen molar-refractivity contribution >= 4 is 34.8 Å². The summed E-state index contributed by atoms with van der Waals surface area (Å²) in [7, 11) is 2.94. The number of aromatic nitrogens is 1. The average molecular weight is 469 g/mol. The Morgan fingerprint density at radius 3 is 2.36 bits per heavy atom. The van der Waals surface area contributed by atoms with Crippen LogP contribution in [0.2, 0.25) is 0 Å². The predicted molar refractivity (Wildman–Crippen MR) is 131 cm³/mol. The molecular formula is C26H26F2N2O2S. The summed E-state index contributed by atoms with van der Waals surface area (Å²) in [6, 6.07) is 19.1. The van der Waals surface area contributed by atoms with Crippen molar-refractivity contribution in [3.63, 3.8) is 0 Å². The Morgan fingerprint density at radius 2 is 1.67 bits per heavy atom. The van der Waals surface area contributed by atoms with Crippen LogP contribution in [0, 0.1) is 18.6 Å². The summed E-state index contributed by atoms with van der Waals surface area (Å²) in [4.78, 5) is 12.3. The number of nitrogens with zero attached hydrogens (tertiary/aromatic N) is 2. The highest BCUT2D eigenvalue weighted by Gasteiger charge is 2.17. The third-order valence-electron chi connectivity index (χ3n) is 5.44. The molecule has 0 radical (unpaired) electrons. The Morgan fingerprint density at radius 1 is 1.00 bits per heavy atom. The molecule has 0 saturated heterocycles. The van der Waals surface area contributed by atoms with Gasteiger partial charge in [0.15, 0.2) is 0 Å². The molecule has 0 spiro atoms. The molecule has 0 aliphatic carbocycles. The summed E-state index contributed by atoms with van der Waals surface area (Å²) < 4.78 is 31.2. The molecule has 0 atom stereocenters. The van der Waals surface area contributed by atoms with Gasteiger partial charge in [-0.25, -0.2) is 8.78 Å². The number of carbonyl (C=O) groups excluding carboxylic acids is 1. The fraction of sp³-hybridized carbons (Fsp3) is 0.192. The largest absolute Gasteiger partial charge is 0.400 e. The summed E-state index contributed by atoms with van der Waals surface area (Å²) >= 11 is 1.55. The molecule has 0 saturated carbocycles. The molecule has 33 heavy (non-hydrogen) atoms. The van der Waals surface area contributed by atoms with Crippen LogP contribution in [0.15, 0.2) is 71.6 Å². The average Bonchev–Trinajstić information content (AvgIpc) is 3.07. The number of anilines is 1. The Labute approximate surface area is 196 Å². The minimum atomic E-state index is -0.296. The molecule has 1 aromatic heterocycles. The summed E-state index contributed by atoms with van der Waals surface area (Å²) in [5.41, 5.74) is 4.81. The van der Waals surface area contributed by atoms with E-state index in [0.717, 1.165) is 51.7 Å². The predicted octanol–water partition coefficient (Wildman–Crippen LogP) is 5.77. The van der Waals surface area contributed by atoms with Crippen molar-refractivity contribution in [3.8, 4) is 0 Å². The number of hydrogen-bond acceptors (Lipinski definition) is 4. The van der Waals surface area contributed by atoms with Gasteiger partial charge in [0, 0.05) is 47.8 Å². The Bertz CT molecular complexity index is 1240. The first-order chi connectivity index (χ1) is 16.0. The highest BCUT2D eigenvalue weighted by molar-refractivity contribution is 8.00. The minimum Gasteiger partial charge on any atom is -0.400 e. The van der Waals surface area contributed by atoms with Gasteiger partial charge in [0.2, 0.25) is 0 Å². The van der Waals surface area contributed by atoms with E-state index >= 15 is 0 Å². The number of rotatable bonds is 7. The van der Waals surface area contributed by atoms with E-state index in [1.54, 1.807) is 36.2 Å². The van der Waals surface area contributed by atoms with Crippen LogP contribution in [0.1, 0.15) is 16.8 Å². The molecule has 0 bridgehead atoms. The number of aldehydes is 1. The lowest BCUT2D eigenvalue weighted by atomic mass is 10.0. The van der Waals surface area contributed by atoms with Gasteiger partial charge < -0.3 is 18.8 Å². The lowest BCUT2D eigenvalue weighted by molar-refractivity contribution is -0.108. The van der Waals surface area contributed by atoms with Gasteiger partial charge in [0.1, 0.15) is 17.9 Å². The quantitative estimate of drug-likeness (QED) is 0.276. The highest BCUT2D eigenvalue weighted by atomic mass is 32.2. The number of carbonyl (C=O) groups is 1. The normalized spacial score (nSPS) is 10.6. The maximum Gasteiger partial charge on any atom is 0.139 e. The summed E-state index contributed by atoms with van der Waals surface area (Å²) in [6.45, 7) is 2.20. The van der Waals surface area contributed by atoms with E-state index in [1.165, 1.54) is 18.2 Å². The van der Waals surface area contributed by atoms with Gasteiger partial charge in [-0.15, -0.1) is 0 Å². The summed E-state index contributed by atoms with van der Waals surface area (Å²) in [5.74, 6) is -0.562. The van der Waals surface area contributed by atoms with Crippen molar-refractivity contribution < 1.29 is 18.7 Å². The van der Waals surface area contributed by atoms with Crippen molar-refractivity contribution in [1.29, 1.82) is 0 Å².